The SMILES string of the molecule is COC(=O)NC1CC(NC(=O)c2cc(NC(C)C)c3[nH]c4cc(C#N)ccc4c3n2)C1. The molecule has 4 N–H and O–H groups in total. The number of H-pyrrole nitrogens is 1. The molecule has 2 aromatic heterocycles. The number of aromatic nitrogens is 2. The number of anilines is 1. The molecule has 31 heavy (non-hydrogen) atoms. The number of alkyl carbamates (subject to hydrolysis) is 1. The van der Waals surface area contributed by atoms with Crippen LogP contribution < -0.4 is 16.0 Å². The maximum atomic E-state index is 12.9. The number of methoxy groups -OCH3 is 1. The summed E-state index contributed by atoms with van der Waals surface area (Å²) >= 11 is 0. The topological polar surface area (TPSA) is 132 Å². The number of nitriles is 1. The Labute approximate surface area is 179 Å². The van der Waals surface area contributed by atoms with E-state index in [1.54, 1.807) is 18.2 Å². The van der Waals surface area contributed by atoms with Crippen LogP contribution in [0.1, 0.15) is 42.7 Å². The van der Waals surface area contributed by atoms with E-state index in [2.05, 4.69) is 36.7 Å². The van der Waals surface area contributed by atoms with Gasteiger partial charge in [0.25, 0.3) is 5.91 Å². The Balaban J connectivity index is 1.61. The summed E-state index contributed by atoms with van der Waals surface area (Å²) in [7, 11) is 1.32. The van der Waals surface area contributed by atoms with E-state index >= 15 is 0 Å². The highest BCUT2D eigenvalue weighted by Gasteiger charge is 2.32. The summed E-state index contributed by atoms with van der Waals surface area (Å²) < 4.78 is 4.59. The third kappa shape index (κ3) is 4.10. The van der Waals surface area contributed by atoms with E-state index in [0.717, 1.165) is 22.1 Å². The zero-order valence-corrected chi connectivity index (χ0v) is 17.6. The summed E-state index contributed by atoms with van der Waals surface area (Å²) in [6, 6.07) is 9.35. The first-order chi connectivity index (χ1) is 14.9. The zero-order chi connectivity index (χ0) is 22.1. The minimum atomic E-state index is -0.467. The number of benzene rings is 1. The van der Waals surface area contributed by atoms with Gasteiger partial charge in [0, 0.05) is 29.0 Å². The van der Waals surface area contributed by atoms with Crippen LogP contribution in [0, 0.1) is 11.3 Å². The van der Waals surface area contributed by atoms with Gasteiger partial charge in [0.1, 0.15) is 5.69 Å². The fraction of sp³-hybridized carbons (Fsp3) is 0.364. The first kappa shape index (κ1) is 20.5. The Hall–Kier alpha value is -3.80. The first-order valence-corrected chi connectivity index (χ1v) is 10.2. The van der Waals surface area contributed by atoms with Crippen LogP contribution in [0.2, 0.25) is 0 Å². The molecule has 0 bridgehead atoms. The van der Waals surface area contributed by atoms with Crippen LogP contribution in [0.15, 0.2) is 24.3 Å². The zero-order valence-electron chi connectivity index (χ0n) is 17.6. The van der Waals surface area contributed by atoms with Crippen LogP contribution in [0.5, 0.6) is 0 Å². The molecule has 1 aliphatic rings. The van der Waals surface area contributed by atoms with E-state index in [4.69, 9.17) is 0 Å². The maximum absolute atomic E-state index is 12.9. The average Bonchev–Trinajstić information content (AvgIpc) is 3.09. The van der Waals surface area contributed by atoms with Crippen molar-refractivity contribution in [3.8, 4) is 6.07 Å². The Morgan fingerprint density at radius 3 is 2.65 bits per heavy atom. The van der Waals surface area contributed by atoms with Crippen molar-refractivity contribution in [2.45, 2.75) is 44.8 Å². The van der Waals surface area contributed by atoms with Crippen molar-refractivity contribution in [1.82, 2.24) is 20.6 Å². The van der Waals surface area contributed by atoms with Gasteiger partial charge in [0.2, 0.25) is 0 Å². The molecule has 1 aliphatic carbocycles. The summed E-state index contributed by atoms with van der Waals surface area (Å²) in [6.45, 7) is 4.04. The van der Waals surface area contributed by atoms with Gasteiger partial charge in [0.15, 0.2) is 0 Å². The number of nitrogens with zero attached hydrogens (tertiary/aromatic N) is 2. The standard InChI is InChI=1S/C22H24N6O3/c1-11(2)24-17-9-18(21(29)25-13-7-14(8-13)26-22(30)31-3)28-19-15-5-4-12(10-23)6-16(15)27-20(17)19/h4-6,9,11,13-14,27H,7-8H2,1-3H3,(H,24,28)(H,25,29)(H,26,30). The molecule has 0 saturated heterocycles. The van der Waals surface area contributed by atoms with Crippen molar-refractivity contribution in [2.75, 3.05) is 12.4 Å². The molecule has 2 heterocycles. The molecule has 0 aliphatic heterocycles. The molecular weight excluding hydrogens is 396 g/mol. The smallest absolute Gasteiger partial charge is 0.407 e. The lowest BCUT2D eigenvalue weighted by Crippen LogP contribution is -2.53. The van der Waals surface area contributed by atoms with E-state index in [0.29, 0.717) is 29.6 Å². The van der Waals surface area contributed by atoms with Gasteiger partial charge >= 0.3 is 6.09 Å². The number of rotatable bonds is 5. The van der Waals surface area contributed by atoms with Crippen LogP contribution in [-0.2, 0) is 4.74 Å². The predicted molar refractivity (Wildman–Crippen MR) is 117 cm³/mol. The van der Waals surface area contributed by atoms with E-state index in [1.807, 2.05) is 19.9 Å². The van der Waals surface area contributed by atoms with E-state index in [9.17, 15) is 14.9 Å². The largest absolute Gasteiger partial charge is 0.453 e. The molecule has 1 fully saturated rings. The third-order valence-corrected chi connectivity index (χ3v) is 5.34. The maximum Gasteiger partial charge on any atom is 0.407 e. The van der Waals surface area contributed by atoms with E-state index < -0.39 is 6.09 Å². The van der Waals surface area contributed by atoms with Gasteiger partial charge in [-0.25, -0.2) is 9.78 Å². The number of ether oxygens (including phenoxy) is 1. The average molecular weight is 420 g/mol. The number of hydrogen-bond acceptors (Lipinski definition) is 6. The van der Waals surface area contributed by atoms with Crippen LogP contribution >= 0.6 is 0 Å². The Morgan fingerprint density at radius 1 is 1.23 bits per heavy atom. The molecule has 160 valence electrons. The lowest BCUT2D eigenvalue weighted by molar-refractivity contribution is 0.0896. The van der Waals surface area contributed by atoms with Gasteiger partial charge in [0.05, 0.1) is 35.5 Å². The molecule has 0 radical (unpaired) electrons. The van der Waals surface area contributed by atoms with E-state index in [-0.39, 0.29) is 24.0 Å². The second-order valence-corrected chi connectivity index (χ2v) is 8.05. The first-order valence-electron chi connectivity index (χ1n) is 10.2. The van der Waals surface area contributed by atoms with Crippen molar-refractivity contribution in [1.29, 1.82) is 5.26 Å². The number of carbonyl (C=O) groups excluding carboxylic acids is 2. The molecule has 2 amide bonds. The molecular formula is C22H24N6O3. The van der Waals surface area contributed by atoms with Crippen LogP contribution in [0.4, 0.5) is 10.5 Å². The summed E-state index contributed by atoms with van der Waals surface area (Å²) in [5.41, 5.74) is 3.90. The lowest BCUT2D eigenvalue weighted by atomic mass is 9.87. The number of fused-ring (bicyclic) bond motifs is 3. The second kappa shape index (κ2) is 8.14. The molecule has 9 heteroatoms. The predicted octanol–water partition coefficient (Wildman–Crippen LogP) is 3.02. The highest BCUT2D eigenvalue weighted by molar-refractivity contribution is 6.11. The van der Waals surface area contributed by atoms with Gasteiger partial charge in [-0.2, -0.15) is 5.26 Å². The van der Waals surface area contributed by atoms with Crippen LogP contribution in [0.3, 0.4) is 0 Å². The molecule has 0 unspecified atom stereocenters. The Kier molecular flexibility index (Phi) is 5.38. The Morgan fingerprint density at radius 2 is 1.97 bits per heavy atom. The van der Waals surface area contributed by atoms with Crippen molar-refractivity contribution in [3.05, 3.63) is 35.5 Å². The summed E-state index contributed by atoms with van der Waals surface area (Å²) in [6.07, 6.45) is 0.819. The summed E-state index contributed by atoms with van der Waals surface area (Å²) in [5.74, 6) is -0.266. The minimum Gasteiger partial charge on any atom is -0.453 e. The van der Waals surface area contributed by atoms with E-state index in [1.165, 1.54) is 7.11 Å². The number of carbonyl (C=O) groups is 2. The lowest BCUT2D eigenvalue weighted by Gasteiger charge is -2.35. The molecule has 0 spiro atoms. The Bertz CT molecular complexity index is 1200. The normalized spacial score (nSPS) is 17.8. The number of aromatic amines is 1. The number of pyridine rings is 1. The van der Waals surface area contributed by atoms with Crippen LogP contribution in [0.25, 0.3) is 21.9 Å². The summed E-state index contributed by atoms with van der Waals surface area (Å²) in [4.78, 5) is 32.1. The highest BCUT2D eigenvalue weighted by Crippen LogP contribution is 2.31. The number of nitrogens with one attached hydrogen (secondary N) is 4. The minimum absolute atomic E-state index is 0.00527. The van der Waals surface area contributed by atoms with Crippen molar-refractivity contribution in [2.24, 2.45) is 0 Å². The number of hydrogen-bond donors (Lipinski definition) is 4. The molecule has 1 aromatic carbocycles. The quantitative estimate of drug-likeness (QED) is 0.502. The van der Waals surface area contributed by atoms with Gasteiger partial charge < -0.3 is 25.7 Å². The van der Waals surface area contributed by atoms with Gasteiger partial charge in [-0.05, 0) is 51.0 Å². The highest BCUT2D eigenvalue weighted by atomic mass is 16.5. The molecule has 1 saturated carbocycles. The monoisotopic (exact) mass is 420 g/mol. The fourth-order valence-corrected chi connectivity index (χ4v) is 3.80. The summed E-state index contributed by atoms with van der Waals surface area (Å²) in [5, 5.41) is 19.1. The fourth-order valence-electron chi connectivity index (χ4n) is 3.80. The third-order valence-electron chi connectivity index (χ3n) is 5.34. The molecule has 4 rings (SSSR count). The van der Waals surface area contributed by atoms with Gasteiger partial charge in [-0.15, -0.1) is 0 Å². The number of amides is 2. The van der Waals surface area contributed by atoms with Crippen LogP contribution in [-0.4, -0.2) is 47.2 Å². The van der Waals surface area contributed by atoms with Gasteiger partial charge in [-0.3, -0.25) is 4.79 Å². The van der Waals surface area contributed by atoms with Crippen molar-refractivity contribution >= 4 is 39.6 Å². The molecule has 0 atom stereocenters. The molecule has 9 nitrogen and oxygen atoms in total. The second-order valence-electron chi connectivity index (χ2n) is 8.05. The van der Waals surface area contributed by atoms with Crippen molar-refractivity contribution in [3.63, 3.8) is 0 Å². The van der Waals surface area contributed by atoms with Crippen molar-refractivity contribution < 1.29 is 14.3 Å². The van der Waals surface area contributed by atoms with Gasteiger partial charge in [-0.1, -0.05) is 0 Å². The molecule has 3 aromatic rings.